The summed E-state index contributed by atoms with van der Waals surface area (Å²) in [6, 6.07) is 0. The van der Waals surface area contributed by atoms with Crippen LogP contribution in [-0.4, -0.2) is 49.5 Å². The first-order valence-electron chi connectivity index (χ1n) is 4.51. The van der Waals surface area contributed by atoms with Gasteiger partial charge in [-0.15, -0.1) is 0 Å². The molecule has 0 fully saturated rings. The van der Waals surface area contributed by atoms with Crippen LogP contribution in [0, 0.1) is 0 Å². The van der Waals surface area contributed by atoms with Crippen molar-refractivity contribution in [1.82, 2.24) is 0 Å². The fourth-order valence-corrected chi connectivity index (χ4v) is 3.78. The number of carbonyl (C=O) groups is 1. The van der Waals surface area contributed by atoms with Gasteiger partial charge in [-0.3, -0.25) is 4.79 Å². The molecule has 0 amide bonds. The van der Waals surface area contributed by atoms with Crippen LogP contribution in [0.3, 0.4) is 0 Å². The Morgan fingerprint density at radius 3 is 2.20 bits per heavy atom. The Hall–Kier alpha value is 0.0900. The standard InChI is InChI=1S/C9H18O4S2/c1-12-6-9(7-13-2,15-14-3)5-4-8(10)11/h4-7H2,1-3H3,(H,10,11). The van der Waals surface area contributed by atoms with E-state index in [-0.39, 0.29) is 11.2 Å². The summed E-state index contributed by atoms with van der Waals surface area (Å²) in [6.45, 7) is 0.999. The van der Waals surface area contributed by atoms with Crippen molar-refractivity contribution < 1.29 is 19.4 Å². The molecule has 0 spiro atoms. The summed E-state index contributed by atoms with van der Waals surface area (Å²) in [4.78, 5) is 10.6. The van der Waals surface area contributed by atoms with Gasteiger partial charge in [-0.1, -0.05) is 21.6 Å². The minimum absolute atomic E-state index is 0.139. The average molecular weight is 254 g/mol. The van der Waals surface area contributed by atoms with Gasteiger partial charge >= 0.3 is 5.97 Å². The van der Waals surface area contributed by atoms with E-state index < -0.39 is 5.97 Å². The molecule has 0 bridgehead atoms. The van der Waals surface area contributed by atoms with E-state index in [4.69, 9.17) is 14.6 Å². The third-order valence-corrected chi connectivity index (χ3v) is 4.39. The number of aliphatic carboxylic acids is 1. The van der Waals surface area contributed by atoms with Gasteiger partial charge in [0.15, 0.2) is 0 Å². The summed E-state index contributed by atoms with van der Waals surface area (Å²) in [5.74, 6) is -0.784. The largest absolute Gasteiger partial charge is 0.481 e. The molecule has 0 aromatic rings. The Labute approximate surface area is 98.5 Å². The molecule has 0 atom stereocenters. The molecule has 0 aliphatic rings. The molecule has 4 nitrogen and oxygen atoms in total. The van der Waals surface area contributed by atoms with Gasteiger partial charge in [0.2, 0.25) is 0 Å². The molecule has 0 aliphatic heterocycles. The summed E-state index contributed by atoms with van der Waals surface area (Å²) >= 11 is 0. The van der Waals surface area contributed by atoms with Crippen LogP contribution in [0.1, 0.15) is 12.8 Å². The molecule has 0 aromatic heterocycles. The van der Waals surface area contributed by atoms with Gasteiger partial charge in [0.05, 0.1) is 18.0 Å². The van der Waals surface area contributed by atoms with Crippen molar-refractivity contribution in [2.24, 2.45) is 0 Å². The van der Waals surface area contributed by atoms with Gasteiger partial charge in [-0.2, -0.15) is 0 Å². The quantitative estimate of drug-likeness (QED) is 0.634. The average Bonchev–Trinajstić information content (AvgIpc) is 2.16. The third-order valence-electron chi connectivity index (χ3n) is 1.87. The topological polar surface area (TPSA) is 55.8 Å². The molecule has 0 aromatic carbocycles. The highest BCUT2D eigenvalue weighted by Gasteiger charge is 2.31. The zero-order valence-electron chi connectivity index (χ0n) is 9.32. The number of hydrogen-bond donors (Lipinski definition) is 1. The molecule has 1 N–H and O–H groups in total. The van der Waals surface area contributed by atoms with Gasteiger partial charge in [0.25, 0.3) is 0 Å². The van der Waals surface area contributed by atoms with E-state index in [1.165, 1.54) is 0 Å². The Morgan fingerprint density at radius 2 is 1.87 bits per heavy atom. The normalized spacial score (nSPS) is 11.7. The predicted molar refractivity (Wildman–Crippen MR) is 64.5 cm³/mol. The number of hydrogen-bond acceptors (Lipinski definition) is 5. The SMILES string of the molecule is COCC(CCC(=O)O)(COC)SSC. The van der Waals surface area contributed by atoms with Crippen molar-refractivity contribution in [2.45, 2.75) is 17.6 Å². The van der Waals surface area contributed by atoms with E-state index in [1.807, 2.05) is 6.26 Å². The minimum Gasteiger partial charge on any atom is -0.481 e. The van der Waals surface area contributed by atoms with Crippen molar-refractivity contribution in [3.63, 3.8) is 0 Å². The molecule has 0 rings (SSSR count). The van der Waals surface area contributed by atoms with Gasteiger partial charge < -0.3 is 14.6 Å². The van der Waals surface area contributed by atoms with Crippen molar-refractivity contribution >= 4 is 27.6 Å². The molecule has 0 saturated heterocycles. The Balaban J connectivity index is 4.37. The molecule has 0 radical (unpaired) electrons. The van der Waals surface area contributed by atoms with Crippen molar-refractivity contribution in [3.8, 4) is 0 Å². The number of rotatable bonds is 9. The molecular formula is C9H18O4S2. The van der Waals surface area contributed by atoms with E-state index in [2.05, 4.69) is 0 Å². The summed E-state index contributed by atoms with van der Waals surface area (Å²) in [5, 5.41) is 8.68. The summed E-state index contributed by atoms with van der Waals surface area (Å²) in [7, 11) is 6.46. The fourth-order valence-electron chi connectivity index (χ4n) is 1.31. The van der Waals surface area contributed by atoms with E-state index >= 15 is 0 Å². The fraction of sp³-hybridized carbons (Fsp3) is 0.889. The lowest BCUT2D eigenvalue weighted by Gasteiger charge is -2.30. The monoisotopic (exact) mass is 254 g/mol. The van der Waals surface area contributed by atoms with Gasteiger partial charge in [0, 0.05) is 20.6 Å². The molecule has 90 valence electrons. The second-order valence-electron chi connectivity index (χ2n) is 3.19. The molecular weight excluding hydrogens is 236 g/mol. The highest BCUT2D eigenvalue weighted by molar-refractivity contribution is 8.77. The van der Waals surface area contributed by atoms with Crippen LogP contribution < -0.4 is 0 Å². The zero-order valence-corrected chi connectivity index (χ0v) is 10.9. The van der Waals surface area contributed by atoms with Gasteiger partial charge in [0.1, 0.15) is 0 Å². The van der Waals surface area contributed by atoms with E-state index in [9.17, 15) is 4.79 Å². The van der Waals surface area contributed by atoms with Gasteiger partial charge in [-0.05, 0) is 12.7 Å². The number of carboxylic acids is 1. The van der Waals surface area contributed by atoms with Crippen molar-refractivity contribution in [1.29, 1.82) is 0 Å². The zero-order chi connectivity index (χ0) is 11.7. The van der Waals surface area contributed by atoms with Crippen LogP contribution in [0.15, 0.2) is 0 Å². The maximum atomic E-state index is 10.6. The number of carboxylic acid groups (broad SMARTS) is 1. The Kier molecular flexibility index (Phi) is 8.32. The number of ether oxygens (including phenoxy) is 2. The van der Waals surface area contributed by atoms with Crippen LogP contribution >= 0.6 is 21.6 Å². The number of methoxy groups -OCH3 is 2. The highest BCUT2D eigenvalue weighted by atomic mass is 33.1. The molecule has 0 heterocycles. The lowest BCUT2D eigenvalue weighted by atomic mass is 10.0. The Morgan fingerprint density at radius 1 is 1.33 bits per heavy atom. The second-order valence-corrected chi connectivity index (χ2v) is 6.06. The molecule has 0 aliphatic carbocycles. The van der Waals surface area contributed by atoms with E-state index in [0.717, 1.165) is 0 Å². The minimum atomic E-state index is -0.784. The summed E-state index contributed by atoms with van der Waals surface area (Å²) < 4.78 is 10.0. The Bertz CT molecular complexity index is 170. The predicted octanol–water partition coefficient (Wildman–Crippen LogP) is 1.89. The molecule has 6 heteroatoms. The van der Waals surface area contributed by atoms with Crippen LogP contribution in [0.2, 0.25) is 0 Å². The first-order valence-corrected chi connectivity index (χ1v) is 7.07. The molecule has 0 unspecified atom stereocenters. The molecule has 0 saturated carbocycles. The highest BCUT2D eigenvalue weighted by Crippen LogP contribution is 2.38. The van der Waals surface area contributed by atoms with Crippen molar-refractivity contribution in [3.05, 3.63) is 0 Å². The lowest BCUT2D eigenvalue weighted by molar-refractivity contribution is -0.137. The first kappa shape index (κ1) is 15.1. The smallest absolute Gasteiger partial charge is 0.303 e. The third kappa shape index (κ3) is 6.29. The first-order chi connectivity index (χ1) is 7.10. The van der Waals surface area contributed by atoms with Crippen LogP contribution in [0.4, 0.5) is 0 Å². The van der Waals surface area contributed by atoms with E-state index in [0.29, 0.717) is 19.6 Å². The summed E-state index contributed by atoms with van der Waals surface area (Å²) in [5.41, 5.74) is 0. The van der Waals surface area contributed by atoms with Crippen LogP contribution in [-0.2, 0) is 14.3 Å². The van der Waals surface area contributed by atoms with Crippen LogP contribution in [0.25, 0.3) is 0 Å². The maximum Gasteiger partial charge on any atom is 0.303 e. The van der Waals surface area contributed by atoms with Gasteiger partial charge in [-0.25, -0.2) is 0 Å². The lowest BCUT2D eigenvalue weighted by Crippen LogP contribution is -2.35. The maximum absolute atomic E-state index is 10.6. The summed E-state index contributed by atoms with van der Waals surface area (Å²) in [6.07, 6.45) is 2.65. The van der Waals surface area contributed by atoms with Crippen LogP contribution in [0.5, 0.6) is 0 Å². The molecule has 15 heavy (non-hydrogen) atoms. The second kappa shape index (κ2) is 8.27. The van der Waals surface area contributed by atoms with E-state index in [1.54, 1.807) is 35.8 Å². The van der Waals surface area contributed by atoms with Crippen molar-refractivity contribution in [2.75, 3.05) is 33.7 Å².